The number of anilines is 1. The smallest absolute Gasteiger partial charge is 0.224 e. The molecule has 1 fully saturated rings. The molecule has 19 heavy (non-hydrogen) atoms. The fourth-order valence-corrected chi connectivity index (χ4v) is 3.45. The van der Waals surface area contributed by atoms with Crippen LogP contribution in [0.15, 0.2) is 6.20 Å². The second-order valence-corrected chi connectivity index (χ2v) is 6.67. The van der Waals surface area contributed by atoms with Crippen LogP contribution >= 0.6 is 11.6 Å². The minimum Gasteiger partial charge on any atom is -0.369 e. The van der Waals surface area contributed by atoms with E-state index in [0.29, 0.717) is 10.7 Å². The lowest BCUT2D eigenvalue weighted by atomic mass is 9.78. The minimum absolute atomic E-state index is 0.317. The Balaban J connectivity index is 2.04. The van der Waals surface area contributed by atoms with Crippen LogP contribution in [0.1, 0.15) is 51.5 Å². The summed E-state index contributed by atoms with van der Waals surface area (Å²) in [5, 5.41) is 3.82. The Morgan fingerprint density at radius 2 is 2.05 bits per heavy atom. The van der Waals surface area contributed by atoms with E-state index in [0.717, 1.165) is 23.8 Å². The van der Waals surface area contributed by atoms with E-state index in [4.69, 9.17) is 11.6 Å². The molecule has 0 radical (unpaired) electrons. The lowest BCUT2D eigenvalue weighted by molar-refractivity contribution is 0.252. The normalized spacial score (nSPS) is 17.9. The second-order valence-electron chi connectivity index (χ2n) is 6.33. The van der Waals surface area contributed by atoms with Gasteiger partial charge in [-0.2, -0.15) is 0 Å². The summed E-state index contributed by atoms with van der Waals surface area (Å²) in [4.78, 5) is 8.29. The van der Waals surface area contributed by atoms with Crippen LogP contribution in [0.4, 0.5) is 5.82 Å². The Morgan fingerprint density at radius 3 is 2.68 bits per heavy atom. The van der Waals surface area contributed by atoms with Crippen molar-refractivity contribution >= 4 is 17.4 Å². The van der Waals surface area contributed by atoms with E-state index in [1.165, 1.54) is 32.1 Å². The SMILES string of the molecule is Cc1cnc(Cl)nc1NCC1(CC(C)C)CCCC1. The molecule has 3 nitrogen and oxygen atoms in total. The van der Waals surface area contributed by atoms with Crippen molar-refractivity contribution in [2.45, 2.75) is 52.9 Å². The summed E-state index contributed by atoms with van der Waals surface area (Å²) < 4.78 is 0. The third kappa shape index (κ3) is 3.82. The van der Waals surface area contributed by atoms with Gasteiger partial charge < -0.3 is 5.32 Å². The number of nitrogens with zero attached hydrogens (tertiary/aromatic N) is 2. The van der Waals surface area contributed by atoms with Gasteiger partial charge in [0.05, 0.1) is 0 Å². The predicted molar refractivity (Wildman–Crippen MR) is 80.6 cm³/mol. The molecule has 0 amide bonds. The maximum absolute atomic E-state index is 5.87. The molecular formula is C15H24ClN3. The number of halogens is 1. The van der Waals surface area contributed by atoms with Crippen molar-refractivity contribution in [3.8, 4) is 0 Å². The highest BCUT2D eigenvalue weighted by Crippen LogP contribution is 2.43. The van der Waals surface area contributed by atoms with Gasteiger partial charge in [-0.3, -0.25) is 0 Å². The van der Waals surface area contributed by atoms with E-state index in [1.54, 1.807) is 6.20 Å². The van der Waals surface area contributed by atoms with Crippen molar-refractivity contribution in [2.75, 3.05) is 11.9 Å². The van der Waals surface area contributed by atoms with Crippen LogP contribution in [-0.2, 0) is 0 Å². The number of rotatable bonds is 5. The monoisotopic (exact) mass is 281 g/mol. The highest BCUT2D eigenvalue weighted by atomic mass is 35.5. The minimum atomic E-state index is 0.317. The Labute approximate surface area is 121 Å². The molecule has 1 aliphatic rings. The molecule has 0 bridgehead atoms. The van der Waals surface area contributed by atoms with Gasteiger partial charge in [-0.1, -0.05) is 26.7 Å². The van der Waals surface area contributed by atoms with Crippen LogP contribution in [0.5, 0.6) is 0 Å². The van der Waals surface area contributed by atoms with Gasteiger partial charge in [-0.15, -0.1) is 0 Å². The third-order valence-corrected chi connectivity index (χ3v) is 4.26. The summed E-state index contributed by atoms with van der Waals surface area (Å²) in [5.74, 6) is 1.63. The third-order valence-electron chi connectivity index (χ3n) is 4.08. The van der Waals surface area contributed by atoms with Crippen molar-refractivity contribution in [3.05, 3.63) is 17.0 Å². The van der Waals surface area contributed by atoms with Crippen LogP contribution in [0.2, 0.25) is 5.28 Å². The standard InChI is InChI=1S/C15H24ClN3/c1-11(2)8-15(6-4-5-7-15)10-18-13-12(3)9-17-14(16)19-13/h9,11H,4-8,10H2,1-3H3,(H,17,18,19). The first kappa shape index (κ1) is 14.6. The molecule has 1 aliphatic carbocycles. The van der Waals surface area contributed by atoms with Crippen molar-refractivity contribution in [2.24, 2.45) is 11.3 Å². The summed E-state index contributed by atoms with van der Waals surface area (Å²) >= 11 is 5.87. The van der Waals surface area contributed by atoms with Crippen LogP contribution in [0.25, 0.3) is 0 Å². The molecule has 1 heterocycles. The molecule has 0 atom stereocenters. The highest BCUT2D eigenvalue weighted by molar-refractivity contribution is 6.28. The van der Waals surface area contributed by atoms with Crippen LogP contribution in [0, 0.1) is 18.3 Å². The van der Waals surface area contributed by atoms with Crippen LogP contribution < -0.4 is 5.32 Å². The fraction of sp³-hybridized carbons (Fsp3) is 0.733. The number of hydrogen-bond donors (Lipinski definition) is 1. The van der Waals surface area contributed by atoms with Gasteiger partial charge in [0, 0.05) is 18.3 Å². The zero-order valence-electron chi connectivity index (χ0n) is 12.2. The quantitative estimate of drug-likeness (QED) is 0.810. The van der Waals surface area contributed by atoms with Gasteiger partial charge in [-0.25, -0.2) is 9.97 Å². The van der Waals surface area contributed by atoms with Gasteiger partial charge in [0.25, 0.3) is 0 Å². The molecule has 1 aromatic heterocycles. The average Bonchev–Trinajstić information content (AvgIpc) is 2.78. The molecule has 0 saturated heterocycles. The molecule has 1 N–H and O–H groups in total. The molecule has 0 aliphatic heterocycles. The molecule has 2 rings (SSSR count). The molecule has 0 spiro atoms. The first-order chi connectivity index (χ1) is 9.01. The largest absolute Gasteiger partial charge is 0.369 e. The van der Waals surface area contributed by atoms with Crippen molar-refractivity contribution in [1.29, 1.82) is 0 Å². The number of nitrogens with one attached hydrogen (secondary N) is 1. The maximum atomic E-state index is 5.87. The second kappa shape index (κ2) is 6.08. The summed E-state index contributed by atoms with van der Waals surface area (Å²) in [6, 6.07) is 0. The Morgan fingerprint density at radius 1 is 1.37 bits per heavy atom. The number of aromatic nitrogens is 2. The topological polar surface area (TPSA) is 37.8 Å². The first-order valence-corrected chi connectivity index (χ1v) is 7.62. The van der Waals surface area contributed by atoms with Crippen molar-refractivity contribution < 1.29 is 0 Å². The van der Waals surface area contributed by atoms with Gasteiger partial charge in [-0.05, 0) is 49.1 Å². The lowest BCUT2D eigenvalue weighted by Gasteiger charge is -2.31. The van der Waals surface area contributed by atoms with E-state index >= 15 is 0 Å². The van der Waals surface area contributed by atoms with Crippen LogP contribution in [0.3, 0.4) is 0 Å². The van der Waals surface area contributed by atoms with E-state index in [2.05, 4.69) is 29.1 Å². The van der Waals surface area contributed by atoms with Gasteiger partial charge in [0.15, 0.2) is 0 Å². The lowest BCUT2D eigenvalue weighted by Crippen LogP contribution is -2.29. The molecule has 1 saturated carbocycles. The molecule has 0 aromatic carbocycles. The summed E-state index contributed by atoms with van der Waals surface area (Å²) in [6.45, 7) is 7.64. The Hall–Kier alpha value is -0.830. The van der Waals surface area contributed by atoms with Crippen LogP contribution in [-0.4, -0.2) is 16.5 Å². The van der Waals surface area contributed by atoms with E-state index in [9.17, 15) is 0 Å². The van der Waals surface area contributed by atoms with Gasteiger partial charge in [0.1, 0.15) is 5.82 Å². The summed E-state index contributed by atoms with van der Waals surface area (Å²) in [5.41, 5.74) is 1.50. The zero-order valence-corrected chi connectivity index (χ0v) is 12.9. The van der Waals surface area contributed by atoms with Gasteiger partial charge in [0.2, 0.25) is 5.28 Å². The number of hydrogen-bond acceptors (Lipinski definition) is 3. The highest BCUT2D eigenvalue weighted by Gasteiger charge is 2.34. The predicted octanol–water partition coefficient (Wildman–Crippen LogP) is 4.46. The first-order valence-electron chi connectivity index (χ1n) is 7.24. The van der Waals surface area contributed by atoms with E-state index in [1.807, 2.05) is 6.92 Å². The van der Waals surface area contributed by atoms with E-state index in [-0.39, 0.29) is 0 Å². The molecule has 106 valence electrons. The summed E-state index contributed by atoms with van der Waals surface area (Å²) in [7, 11) is 0. The maximum Gasteiger partial charge on any atom is 0.224 e. The fourth-order valence-electron chi connectivity index (χ4n) is 3.31. The molecular weight excluding hydrogens is 258 g/mol. The Kier molecular flexibility index (Phi) is 4.67. The van der Waals surface area contributed by atoms with Crippen molar-refractivity contribution in [1.82, 2.24) is 9.97 Å². The van der Waals surface area contributed by atoms with Gasteiger partial charge >= 0.3 is 0 Å². The average molecular weight is 282 g/mol. The molecule has 4 heteroatoms. The number of aryl methyl sites for hydroxylation is 1. The Bertz CT molecular complexity index is 425. The molecule has 0 unspecified atom stereocenters. The molecule has 1 aromatic rings. The summed E-state index contributed by atoms with van der Waals surface area (Å²) in [6.07, 6.45) is 8.45. The zero-order chi connectivity index (χ0) is 13.9. The van der Waals surface area contributed by atoms with E-state index < -0.39 is 0 Å². The van der Waals surface area contributed by atoms with Crippen molar-refractivity contribution in [3.63, 3.8) is 0 Å².